The van der Waals surface area contributed by atoms with E-state index in [4.69, 9.17) is 42.4 Å². The number of nitriles is 1. The molecule has 1 aliphatic rings. The molecule has 64 heavy (non-hydrogen) atoms. The van der Waals surface area contributed by atoms with E-state index >= 15 is 0 Å². The van der Waals surface area contributed by atoms with Crippen LogP contribution < -0.4 is 15.0 Å². The summed E-state index contributed by atoms with van der Waals surface area (Å²) in [5.41, 5.74) is 1.26. The van der Waals surface area contributed by atoms with Crippen LogP contribution in [0.25, 0.3) is 22.7 Å². The van der Waals surface area contributed by atoms with Gasteiger partial charge in [-0.3, -0.25) is 14.3 Å². The van der Waals surface area contributed by atoms with Gasteiger partial charge >= 0.3 is 0 Å². The van der Waals surface area contributed by atoms with Crippen LogP contribution >= 0.6 is 8.53 Å². The molecule has 1 fully saturated rings. The second-order valence-corrected chi connectivity index (χ2v) is 17.3. The van der Waals surface area contributed by atoms with Crippen molar-refractivity contribution in [2.75, 3.05) is 41.5 Å². The fraction of sp³-hybridized carbons (Fsp3) is 0.383. The third kappa shape index (κ3) is 9.90. The normalized spacial score (nSPS) is 17.2. The molecular weight excluding hydrogens is 836 g/mol. The number of hydrogen-bond acceptors (Lipinski definition) is 13. The Labute approximate surface area is 374 Å². The summed E-state index contributed by atoms with van der Waals surface area (Å²) in [7, 11) is 5.18. The van der Waals surface area contributed by atoms with Crippen molar-refractivity contribution in [3.8, 4) is 29.2 Å². The molecule has 17 heteroatoms. The second-order valence-electron chi connectivity index (χ2n) is 15.9. The average molecular weight is 891 g/mol. The van der Waals surface area contributed by atoms with Crippen molar-refractivity contribution in [1.82, 2.24) is 29.1 Å². The molecule has 336 valence electrons. The van der Waals surface area contributed by atoms with Crippen molar-refractivity contribution < 1.29 is 32.4 Å². The average Bonchev–Trinajstić information content (AvgIpc) is 4.06. The fourth-order valence-electron chi connectivity index (χ4n) is 7.87. The van der Waals surface area contributed by atoms with Gasteiger partial charge in [-0.2, -0.15) is 10.2 Å². The third-order valence-electron chi connectivity index (χ3n) is 10.7. The highest BCUT2D eigenvalue weighted by molar-refractivity contribution is 7.44. The Kier molecular flexibility index (Phi) is 14.9. The number of methoxy groups -OCH3 is 2. The number of ether oxygens (including phenoxy) is 4. The van der Waals surface area contributed by atoms with E-state index in [-0.39, 0.29) is 55.3 Å². The number of benzene rings is 3. The molecule has 4 heterocycles. The molecule has 0 bridgehead atoms. The van der Waals surface area contributed by atoms with E-state index in [1.807, 2.05) is 93.0 Å². The van der Waals surface area contributed by atoms with Gasteiger partial charge in [0.25, 0.3) is 14.1 Å². The third-order valence-corrected chi connectivity index (χ3v) is 12.8. The molecule has 4 atom stereocenters. The maximum atomic E-state index is 13.7. The van der Waals surface area contributed by atoms with Crippen LogP contribution in [0.3, 0.4) is 0 Å². The predicted molar refractivity (Wildman–Crippen MR) is 245 cm³/mol. The summed E-state index contributed by atoms with van der Waals surface area (Å²) >= 11 is 0. The number of imidazole rings is 1. The summed E-state index contributed by atoms with van der Waals surface area (Å²) in [6, 6.07) is 31.5. The predicted octanol–water partition coefficient (Wildman–Crippen LogP) is 8.58. The van der Waals surface area contributed by atoms with Gasteiger partial charge in [-0.15, -0.1) is 0 Å². The van der Waals surface area contributed by atoms with Crippen LogP contribution in [0, 0.1) is 11.3 Å². The van der Waals surface area contributed by atoms with Crippen molar-refractivity contribution in [2.24, 2.45) is 4.99 Å². The minimum absolute atomic E-state index is 0.0218. The molecule has 0 saturated carbocycles. The first-order chi connectivity index (χ1) is 31.0. The molecule has 0 aliphatic carbocycles. The van der Waals surface area contributed by atoms with Gasteiger partial charge in [0.2, 0.25) is 5.95 Å². The van der Waals surface area contributed by atoms with E-state index in [1.165, 1.54) is 0 Å². The molecule has 0 radical (unpaired) electrons. The van der Waals surface area contributed by atoms with E-state index in [0.717, 1.165) is 16.7 Å². The second kappa shape index (κ2) is 20.7. The van der Waals surface area contributed by atoms with Gasteiger partial charge in [0.05, 0.1) is 58.6 Å². The van der Waals surface area contributed by atoms with Gasteiger partial charge in [-0.1, -0.05) is 54.6 Å². The number of nitrogens with zero attached hydrogens (tertiary/aromatic N) is 7. The van der Waals surface area contributed by atoms with Crippen LogP contribution in [0.2, 0.25) is 0 Å². The number of aromatic nitrogens is 4. The standard InChI is InChI=1S/C47H55N8O8P/c1-31(2)55(32(3)4)64(61-27-13-25-48)63-39-28-41(54-43(38-16-12-26-59-38)50-42-44(54)51-46(52-45(42)56)49-30-53(5)6)62-40(39)29-60-47(33-14-10-9-11-15-33,34-17-21-36(57-7)22-18-34)35-19-23-37(58-8)24-20-35/h9-12,14-24,26,30-32,39-41H,13,27-29H2,1-8H3,(H,51,52,56)/b49-30+/t39-,40+,41+,64?/m0/s1. The lowest BCUT2D eigenvalue weighted by atomic mass is 9.80. The molecule has 7 rings (SSSR count). The topological polar surface area (TPSA) is 175 Å². The van der Waals surface area contributed by atoms with Crippen LogP contribution in [0.1, 0.15) is 63.5 Å². The molecule has 3 aromatic heterocycles. The molecule has 0 spiro atoms. The lowest BCUT2D eigenvalue weighted by Crippen LogP contribution is -2.39. The molecule has 1 saturated heterocycles. The molecule has 3 aromatic carbocycles. The minimum Gasteiger partial charge on any atom is -0.497 e. The van der Waals surface area contributed by atoms with E-state index in [0.29, 0.717) is 23.1 Å². The van der Waals surface area contributed by atoms with Crippen molar-refractivity contribution in [1.29, 1.82) is 5.26 Å². The van der Waals surface area contributed by atoms with Gasteiger partial charge < -0.3 is 37.3 Å². The number of H-pyrrole nitrogens is 1. The van der Waals surface area contributed by atoms with Crippen molar-refractivity contribution in [3.05, 3.63) is 124 Å². The highest BCUT2D eigenvalue weighted by Gasteiger charge is 2.46. The number of aromatic amines is 1. The number of hydrogen-bond donors (Lipinski definition) is 1. The Morgan fingerprint density at radius 3 is 2.14 bits per heavy atom. The first kappa shape index (κ1) is 46.1. The largest absolute Gasteiger partial charge is 0.497 e. The van der Waals surface area contributed by atoms with Gasteiger partial charge in [0.15, 0.2) is 22.7 Å². The lowest BCUT2D eigenvalue weighted by molar-refractivity contribution is -0.0909. The Morgan fingerprint density at radius 1 is 0.938 bits per heavy atom. The first-order valence-electron chi connectivity index (χ1n) is 21.1. The van der Waals surface area contributed by atoms with Gasteiger partial charge in [0, 0.05) is 32.6 Å². The number of nitrogens with one attached hydrogen (secondary N) is 1. The summed E-state index contributed by atoms with van der Waals surface area (Å²) < 4.78 is 49.1. The molecule has 1 unspecified atom stereocenters. The summed E-state index contributed by atoms with van der Waals surface area (Å²) in [5.74, 6) is 2.23. The Morgan fingerprint density at radius 2 is 1.58 bits per heavy atom. The molecule has 0 amide bonds. The van der Waals surface area contributed by atoms with Crippen molar-refractivity contribution >= 4 is 32.0 Å². The zero-order valence-electron chi connectivity index (χ0n) is 37.4. The maximum absolute atomic E-state index is 13.7. The van der Waals surface area contributed by atoms with Gasteiger partial charge in [0.1, 0.15) is 29.4 Å². The molecular formula is C47H55N8O8P. The zero-order chi connectivity index (χ0) is 45.4. The molecule has 1 N–H and O–H groups in total. The van der Waals surface area contributed by atoms with Gasteiger partial charge in [-0.25, -0.2) is 14.6 Å². The SMILES string of the molecule is COc1ccc(C(OC[C@H]2O[C@@H](n3c(-c4ccco4)nc4c(=O)[nH]c(/N=C/N(C)C)nc43)C[C@@H]2OP(OCCC#N)N(C(C)C)C(C)C)(c2ccccc2)c2ccc(OC)cc2)cc1. The quantitative estimate of drug-likeness (QED) is 0.0254. The van der Waals surface area contributed by atoms with E-state index in [2.05, 4.69) is 48.4 Å². The summed E-state index contributed by atoms with van der Waals surface area (Å²) in [6.45, 7) is 8.56. The Bertz CT molecular complexity index is 2500. The number of furan rings is 1. The van der Waals surface area contributed by atoms with E-state index < -0.39 is 38.1 Å². The van der Waals surface area contributed by atoms with E-state index in [1.54, 1.807) is 48.4 Å². The Hall–Kier alpha value is -5.92. The number of rotatable bonds is 20. The van der Waals surface area contributed by atoms with Crippen LogP contribution in [-0.4, -0.2) is 101 Å². The summed E-state index contributed by atoms with van der Waals surface area (Å²) in [6.07, 6.45) is 1.39. The highest BCUT2D eigenvalue weighted by Crippen LogP contribution is 2.51. The summed E-state index contributed by atoms with van der Waals surface area (Å²) in [4.78, 5) is 32.1. The smallest absolute Gasteiger partial charge is 0.280 e. The molecule has 16 nitrogen and oxygen atoms in total. The zero-order valence-corrected chi connectivity index (χ0v) is 38.3. The highest BCUT2D eigenvalue weighted by atomic mass is 31.2. The first-order valence-corrected chi connectivity index (χ1v) is 22.3. The van der Waals surface area contributed by atoms with E-state index in [9.17, 15) is 10.1 Å². The minimum atomic E-state index is -1.73. The monoisotopic (exact) mass is 890 g/mol. The number of fused-ring (bicyclic) bond motifs is 1. The summed E-state index contributed by atoms with van der Waals surface area (Å²) in [5, 5.41) is 9.49. The molecule has 6 aromatic rings. The van der Waals surface area contributed by atoms with Crippen LogP contribution in [0.5, 0.6) is 11.5 Å². The van der Waals surface area contributed by atoms with Crippen molar-refractivity contribution in [3.63, 3.8) is 0 Å². The Balaban J connectivity index is 1.38. The number of aliphatic imine (C=N–C) groups is 1. The van der Waals surface area contributed by atoms with Crippen LogP contribution in [0.4, 0.5) is 5.95 Å². The molecule has 1 aliphatic heterocycles. The lowest BCUT2D eigenvalue weighted by Gasteiger charge is -2.39. The fourth-order valence-corrected chi connectivity index (χ4v) is 9.63. The van der Waals surface area contributed by atoms with Gasteiger partial charge in [-0.05, 0) is 80.8 Å². The van der Waals surface area contributed by atoms with Crippen LogP contribution in [-0.2, 0) is 24.1 Å². The maximum Gasteiger partial charge on any atom is 0.280 e. The van der Waals surface area contributed by atoms with Crippen molar-refractivity contribution in [2.45, 2.75) is 76.7 Å². The van der Waals surface area contributed by atoms with Crippen LogP contribution in [0.15, 0.2) is 111 Å².